The minimum Gasteiger partial charge on any atom is -0.396 e. The lowest BCUT2D eigenvalue weighted by molar-refractivity contribution is -0.256. The predicted octanol–water partition coefficient (Wildman–Crippen LogP) is 5.20. The lowest BCUT2D eigenvalue weighted by Gasteiger charge is -2.71. The molecule has 11 atom stereocenters. The molecule has 5 aliphatic rings. The summed E-state index contributed by atoms with van der Waals surface area (Å²) >= 11 is 0. The van der Waals surface area contributed by atoms with Gasteiger partial charge in [0.15, 0.2) is 0 Å². The zero-order chi connectivity index (χ0) is 45.6. The van der Waals surface area contributed by atoms with Crippen LogP contribution in [-0.2, 0) is 27.1 Å². The van der Waals surface area contributed by atoms with Crippen LogP contribution in [0, 0.1) is 34.0 Å². The van der Waals surface area contributed by atoms with E-state index in [2.05, 4.69) is 66.6 Å². The molecule has 8 N–H and O–H groups in total. The van der Waals surface area contributed by atoms with E-state index in [1.807, 2.05) is 39.1 Å². The number of hydrogen-bond donors (Lipinski definition) is 8. The summed E-state index contributed by atoms with van der Waals surface area (Å²) in [5.41, 5.74) is 2.33. The summed E-state index contributed by atoms with van der Waals surface area (Å²) in [5, 5.41) is 75.1. The van der Waals surface area contributed by atoms with Crippen LogP contribution in [0.3, 0.4) is 0 Å². The molecule has 0 aromatic heterocycles. The quantitative estimate of drug-likeness (QED) is 0.0421. The van der Waals surface area contributed by atoms with Crippen LogP contribution in [0.25, 0.3) is 0 Å². The molecule has 63 heavy (non-hydrogen) atoms. The van der Waals surface area contributed by atoms with Crippen molar-refractivity contribution < 1.29 is 44.9 Å². The molecular weight excluding hydrogens is 797 g/mol. The van der Waals surface area contributed by atoms with Gasteiger partial charge in [-0.05, 0) is 150 Å². The van der Waals surface area contributed by atoms with E-state index in [1.54, 1.807) is 7.11 Å². The molecule has 1 aromatic carbocycles. The van der Waals surface area contributed by atoms with Crippen LogP contribution in [0.4, 0.5) is 0 Å². The average molecular weight is 873 g/mol. The number of benzene rings is 1. The third-order valence-corrected chi connectivity index (χ3v) is 16.1. The van der Waals surface area contributed by atoms with E-state index >= 15 is 0 Å². The highest BCUT2D eigenvalue weighted by Crippen LogP contribution is 2.80. The summed E-state index contributed by atoms with van der Waals surface area (Å²) in [6, 6.07) is 8.63. The van der Waals surface area contributed by atoms with Gasteiger partial charge in [0.25, 0.3) is 0 Å². The fraction of sp³-hybridized carbons (Fsp3) is 0.635. The maximum absolute atomic E-state index is 13.4. The largest absolute Gasteiger partial charge is 0.396 e. The Balaban J connectivity index is 1.38. The van der Waals surface area contributed by atoms with E-state index in [0.717, 1.165) is 47.8 Å². The molecule has 6 bridgehead atoms. The Labute approximate surface area is 375 Å². The second kappa shape index (κ2) is 20.6. The Morgan fingerprint density at radius 3 is 2.59 bits per heavy atom. The van der Waals surface area contributed by atoms with Crippen molar-refractivity contribution in [2.45, 2.75) is 121 Å². The Kier molecular flexibility index (Phi) is 16.2. The minimum atomic E-state index is -1.29. The molecule has 0 radical (unpaired) electrons. The summed E-state index contributed by atoms with van der Waals surface area (Å²) in [5.74, 6) is -0.336. The Morgan fingerprint density at radius 1 is 1.11 bits per heavy atom. The summed E-state index contributed by atoms with van der Waals surface area (Å²) < 4.78 is 11.6. The van der Waals surface area contributed by atoms with Crippen LogP contribution in [-0.4, -0.2) is 120 Å². The molecule has 348 valence electrons. The summed E-state index contributed by atoms with van der Waals surface area (Å²) in [4.78, 5) is 12.7. The first-order valence-corrected chi connectivity index (χ1v) is 23.3. The van der Waals surface area contributed by atoms with Crippen molar-refractivity contribution in [3.8, 4) is 0 Å². The van der Waals surface area contributed by atoms with Crippen LogP contribution >= 0.6 is 0 Å². The molecule has 11 heteroatoms. The maximum Gasteiger partial charge on any atom is 0.145 e. The van der Waals surface area contributed by atoms with Crippen molar-refractivity contribution in [1.82, 2.24) is 10.6 Å². The van der Waals surface area contributed by atoms with Crippen molar-refractivity contribution >= 4 is 6.29 Å². The Hall–Kier alpha value is -3.07. The van der Waals surface area contributed by atoms with Crippen molar-refractivity contribution in [2.24, 2.45) is 34.0 Å². The van der Waals surface area contributed by atoms with Crippen molar-refractivity contribution in [3.05, 3.63) is 106 Å². The molecule has 0 unspecified atom stereocenters. The van der Waals surface area contributed by atoms with Gasteiger partial charge in [0.05, 0.1) is 31.5 Å². The predicted molar refractivity (Wildman–Crippen MR) is 247 cm³/mol. The number of ether oxygens (including phenoxy) is 2. The highest BCUT2D eigenvalue weighted by molar-refractivity contribution is 5.75. The first-order chi connectivity index (χ1) is 30.1. The molecule has 2 spiro atoms. The summed E-state index contributed by atoms with van der Waals surface area (Å²) in [7, 11) is 3.56. The lowest BCUT2D eigenvalue weighted by Crippen LogP contribution is -2.73. The van der Waals surface area contributed by atoms with E-state index in [9.17, 15) is 35.4 Å². The monoisotopic (exact) mass is 873 g/mol. The second-order valence-corrected chi connectivity index (χ2v) is 19.8. The SMILES string of the molecule is C=C(/C=C/C=C(/COC[C@H](O)CO)[C@]12CC[C@@]3([C@@H]1O)[C@@](O)(CCNC)C[C@@H]1C=C[C@H](CCO)[C@@]3(CC2)C1=C(C)C=O)[C@H]1C/C=C(\C)[C@@H](O)N[C@@](C)(CCOC)Cc2cccc(c2)C1. The number of carbonyl (C=O) groups excluding carboxylic acids is 1. The van der Waals surface area contributed by atoms with E-state index < -0.39 is 46.9 Å². The number of fused-ring (bicyclic) bond motifs is 4. The number of rotatable bonds is 18. The van der Waals surface area contributed by atoms with Gasteiger partial charge in [-0.2, -0.15) is 0 Å². The number of allylic oxidation sites excluding steroid dienone is 9. The van der Waals surface area contributed by atoms with Gasteiger partial charge < -0.3 is 45.4 Å². The smallest absolute Gasteiger partial charge is 0.145 e. The minimum absolute atomic E-state index is 0.0187. The molecule has 0 amide bonds. The first-order valence-electron chi connectivity index (χ1n) is 23.3. The number of methoxy groups -OCH3 is 1. The number of hydrogen-bond acceptors (Lipinski definition) is 11. The molecule has 1 heterocycles. The van der Waals surface area contributed by atoms with E-state index in [1.165, 1.54) is 11.1 Å². The Morgan fingerprint density at radius 2 is 1.87 bits per heavy atom. The molecule has 1 aromatic rings. The topological polar surface area (TPSA) is 181 Å². The van der Waals surface area contributed by atoms with Gasteiger partial charge in [-0.3, -0.25) is 10.1 Å². The zero-order valence-corrected chi connectivity index (χ0v) is 38.5. The molecule has 11 nitrogen and oxygen atoms in total. The van der Waals surface area contributed by atoms with Crippen LogP contribution in [0.2, 0.25) is 0 Å². The van der Waals surface area contributed by atoms with Crippen molar-refractivity contribution in [1.29, 1.82) is 0 Å². The molecule has 0 saturated heterocycles. The van der Waals surface area contributed by atoms with Crippen LogP contribution in [0.1, 0.15) is 89.7 Å². The first kappa shape index (κ1) is 49.4. The molecule has 4 aliphatic carbocycles. The fourth-order valence-corrected chi connectivity index (χ4v) is 13.0. The van der Waals surface area contributed by atoms with Gasteiger partial charge in [0.2, 0.25) is 0 Å². The van der Waals surface area contributed by atoms with E-state index in [0.29, 0.717) is 70.1 Å². The molecule has 3 fully saturated rings. The fourth-order valence-electron chi connectivity index (χ4n) is 13.0. The van der Waals surface area contributed by atoms with Gasteiger partial charge >= 0.3 is 0 Å². The maximum atomic E-state index is 13.4. The lowest BCUT2D eigenvalue weighted by atomic mass is 9.34. The normalized spacial score (nSPS) is 37.7. The van der Waals surface area contributed by atoms with Gasteiger partial charge in [-0.25, -0.2) is 0 Å². The number of aliphatic hydroxyl groups excluding tert-OH is 5. The molecule has 6 rings (SSSR count). The van der Waals surface area contributed by atoms with Gasteiger partial charge in [0.1, 0.15) is 18.6 Å². The van der Waals surface area contributed by atoms with Crippen molar-refractivity contribution in [2.75, 3.05) is 53.7 Å². The van der Waals surface area contributed by atoms with Crippen LogP contribution in [0.5, 0.6) is 0 Å². The third kappa shape index (κ3) is 9.35. The molecule has 1 aliphatic heterocycles. The summed E-state index contributed by atoms with van der Waals surface area (Å²) in [6.45, 7) is 11.1. The second-order valence-electron chi connectivity index (χ2n) is 19.8. The standard InChI is InChI=1S/C52H76N2O9/c1-35(40-14-13-36(2)46(59)54-48(4,23-26-62-6)29-39-11-8-10-38(27-39)28-40)9-7-12-43(33-63-34-44(58)32-57)49-18-20-51-42(17-25-55)16-15-41(45(51)37(3)31-56)30-50(61,22-24-53-5)52(51,21-19-49)47(49)60/h7-13,15-16,27,31,40-42,44,46-47,53-55,57-61H,1,14,17-26,28-30,32-34H2,2-6H3/b9-7+,36-13+,43-12-,45-37?/t40-,41-,42+,44+,46+,47+,48-,49-,50+,51-,52+/m0/s1. The number of carbonyl (C=O) groups is 1. The highest BCUT2D eigenvalue weighted by atomic mass is 16.5. The van der Waals surface area contributed by atoms with Gasteiger partial charge in [-0.1, -0.05) is 72.9 Å². The Bertz CT molecular complexity index is 1940. The van der Waals surface area contributed by atoms with Crippen molar-refractivity contribution in [3.63, 3.8) is 0 Å². The summed E-state index contributed by atoms with van der Waals surface area (Å²) in [6.07, 6.45) is 16.8. The number of aldehydes is 1. The van der Waals surface area contributed by atoms with E-state index in [-0.39, 0.29) is 43.1 Å². The number of nitrogens with one attached hydrogen (secondary N) is 2. The van der Waals surface area contributed by atoms with Crippen LogP contribution < -0.4 is 10.6 Å². The van der Waals surface area contributed by atoms with Crippen LogP contribution in [0.15, 0.2) is 95.2 Å². The average Bonchev–Trinajstić information content (AvgIpc) is 3.47. The van der Waals surface area contributed by atoms with E-state index in [4.69, 9.17) is 9.47 Å². The molecular formula is C52H76N2O9. The number of aliphatic hydroxyl groups is 6. The zero-order valence-electron chi connectivity index (χ0n) is 38.5. The highest BCUT2D eigenvalue weighted by Gasteiger charge is 2.79. The molecule has 3 saturated carbocycles. The third-order valence-electron chi connectivity index (χ3n) is 16.1. The van der Waals surface area contributed by atoms with Gasteiger partial charge in [-0.15, -0.1) is 0 Å². The van der Waals surface area contributed by atoms with Gasteiger partial charge in [0, 0.05) is 48.0 Å².